The number of hydrogen-bond acceptors (Lipinski definition) is 2. The maximum atomic E-state index is 10.7. The summed E-state index contributed by atoms with van der Waals surface area (Å²) >= 11 is 9.20. The van der Waals surface area contributed by atoms with Crippen LogP contribution in [0, 0.1) is 10.1 Å². The Hall–Kier alpha value is -1.39. The first-order valence-corrected chi connectivity index (χ1v) is 6.71. The van der Waals surface area contributed by atoms with E-state index in [0.29, 0.717) is 10.4 Å². The number of halogens is 2. The van der Waals surface area contributed by atoms with Gasteiger partial charge >= 0.3 is 0 Å². The molecule has 0 N–H and O–H groups in total. The lowest BCUT2D eigenvalue weighted by atomic mass is 10.0. The van der Waals surface area contributed by atoms with Gasteiger partial charge in [0.15, 0.2) is 0 Å². The van der Waals surface area contributed by atoms with Gasteiger partial charge in [-0.1, -0.05) is 39.7 Å². The van der Waals surface area contributed by atoms with Crippen LogP contribution in [-0.2, 0) is 5.33 Å². The number of hydrogen-bond donors (Lipinski definition) is 0. The summed E-state index contributed by atoms with van der Waals surface area (Å²) in [5.41, 5.74) is 2.94. The van der Waals surface area contributed by atoms with Crippen LogP contribution in [0.5, 0.6) is 0 Å². The van der Waals surface area contributed by atoms with Gasteiger partial charge in [-0.25, -0.2) is 0 Å². The van der Waals surface area contributed by atoms with Crippen LogP contribution in [-0.4, -0.2) is 4.92 Å². The van der Waals surface area contributed by atoms with E-state index in [4.69, 9.17) is 11.6 Å². The van der Waals surface area contributed by atoms with Crippen LogP contribution >= 0.6 is 27.5 Å². The maximum absolute atomic E-state index is 10.7. The number of non-ortho nitro benzene ring substituents is 1. The Labute approximate surface area is 118 Å². The third-order valence-corrected chi connectivity index (χ3v) is 3.45. The van der Waals surface area contributed by atoms with Crippen LogP contribution in [0.2, 0.25) is 5.02 Å². The van der Waals surface area contributed by atoms with E-state index < -0.39 is 4.92 Å². The van der Waals surface area contributed by atoms with E-state index in [9.17, 15) is 10.1 Å². The third-order valence-electron chi connectivity index (χ3n) is 2.60. The topological polar surface area (TPSA) is 43.1 Å². The Kier molecular flexibility index (Phi) is 3.99. The van der Waals surface area contributed by atoms with Crippen LogP contribution in [0.15, 0.2) is 42.5 Å². The van der Waals surface area contributed by atoms with Gasteiger partial charge in [0.1, 0.15) is 0 Å². The highest BCUT2D eigenvalue weighted by Crippen LogP contribution is 2.29. The van der Waals surface area contributed by atoms with Gasteiger partial charge < -0.3 is 0 Å². The van der Waals surface area contributed by atoms with Crippen molar-refractivity contribution in [3.63, 3.8) is 0 Å². The minimum absolute atomic E-state index is 0.0992. The molecule has 0 spiro atoms. The highest BCUT2D eigenvalue weighted by Gasteiger charge is 2.11. The zero-order valence-electron chi connectivity index (χ0n) is 9.27. The standard InChI is InChI=1S/C13H9BrClNO2/c14-8-10-7-12(16(17)18)5-6-13(10)9-1-3-11(15)4-2-9/h1-7H,8H2. The van der Waals surface area contributed by atoms with Crippen LogP contribution in [0.3, 0.4) is 0 Å². The molecule has 0 fully saturated rings. The molecule has 0 radical (unpaired) electrons. The van der Waals surface area contributed by atoms with Crippen molar-refractivity contribution in [2.45, 2.75) is 5.33 Å². The molecule has 0 aromatic heterocycles. The SMILES string of the molecule is O=[N+]([O-])c1ccc(-c2ccc(Cl)cc2)c(CBr)c1. The van der Waals surface area contributed by atoms with E-state index >= 15 is 0 Å². The van der Waals surface area contributed by atoms with E-state index in [1.54, 1.807) is 24.3 Å². The van der Waals surface area contributed by atoms with Crippen LogP contribution in [0.1, 0.15) is 5.56 Å². The molecule has 3 nitrogen and oxygen atoms in total. The molecule has 2 aromatic carbocycles. The molecular formula is C13H9BrClNO2. The van der Waals surface area contributed by atoms with Crippen molar-refractivity contribution in [2.24, 2.45) is 0 Å². The normalized spacial score (nSPS) is 10.3. The van der Waals surface area contributed by atoms with E-state index in [2.05, 4.69) is 15.9 Å². The minimum Gasteiger partial charge on any atom is -0.258 e. The van der Waals surface area contributed by atoms with Crippen LogP contribution < -0.4 is 0 Å². The molecular weight excluding hydrogens is 318 g/mol. The Morgan fingerprint density at radius 2 is 1.83 bits per heavy atom. The average Bonchev–Trinajstić information content (AvgIpc) is 2.39. The van der Waals surface area contributed by atoms with Crippen molar-refractivity contribution in [1.29, 1.82) is 0 Å². The van der Waals surface area contributed by atoms with Gasteiger partial charge in [-0.05, 0) is 34.9 Å². The molecule has 0 saturated carbocycles. The highest BCUT2D eigenvalue weighted by atomic mass is 79.9. The zero-order valence-corrected chi connectivity index (χ0v) is 11.6. The molecule has 0 aliphatic heterocycles. The second kappa shape index (κ2) is 5.50. The number of nitro benzene ring substituents is 1. The second-order valence-electron chi connectivity index (χ2n) is 3.74. The molecule has 2 rings (SSSR count). The zero-order chi connectivity index (χ0) is 13.1. The Morgan fingerprint density at radius 1 is 1.17 bits per heavy atom. The first kappa shape index (κ1) is 13.1. The van der Waals surface area contributed by atoms with E-state index in [-0.39, 0.29) is 5.69 Å². The van der Waals surface area contributed by atoms with Crippen molar-refractivity contribution in [1.82, 2.24) is 0 Å². The fourth-order valence-electron chi connectivity index (χ4n) is 1.72. The maximum Gasteiger partial charge on any atom is 0.269 e. The van der Waals surface area contributed by atoms with E-state index in [1.165, 1.54) is 6.07 Å². The fraction of sp³-hybridized carbons (Fsp3) is 0.0769. The van der Waals surface area contributed by atoms with Gasteiger partial charge in [0.05, 0.1) is 4.92 Å². The molecule has 0 heterocycles. The van der Waals surface area contributed by atoms with Crippen molar-refractivity contribution >= 4 is 33.2 Å². The molecule has 0 unspecified atom stereocenters. The summed E-state index contributed by atoms with van der Waals surface area (Å²) in [5, 5.41) is 12.0. The van der Waals surface area contributed by atoms with Gasteiger partial charge in [-0.3, -0.25) is 10.1 Å². The number of nitro groups is 1. The van der Waals surface area contributed by atoms with Gasteiger partial charge in [0, 0.05) is 22.5 Å². The number of rotatable bonds is 3. The molecule has 0 aliphatic carbocycles. The predicted octanol–water partition coefficient (Wildman–Crippen LogP) is 4.81. The molecule has 92 valence electrons. The molecule has 2 aromatic rings. The van der Waals surface area contributed by atoms with Gasteiger partial charge in [0.2, 0.25) is 0 Å². The van der Waals surface area contributed by atoms with Crippen molar-refractivity contribution in [2.75, 3.05) is 0 Å². The van der Waals surface area contributed by atoms with Crippen LogP contribution in [0.25, 0.3) is 11.1 Å². The largest absolute Gasteiger partial charge is 0.269 e. The number of alkyl halides is 1. The molecule has 0 amide bonds. The first-order chi connectivity index (χ1) is 8.61. The molecule has 0 bridgehead atoms. The van der Waals surface area contributed by atoms with Gasteiger partial charge in [-0.15, -0.1) is 0 Å². The van der Waals surface area contributed by atoms with Crippen LogP contribution in [0.4, 0.5) is 5.69 Å². The Bertz CT molecular complexity index is 584. The molecule has 5 heteroatoms. The quantitative estimate of drug-likeness (QED) is 0.461. The summed E-state index contributed by atoms with van der Waals surface area (Å²) in [7, 11) is 0. The predicted molar refractivity (Wildman–Crippen MR) is 76.2 cm³/mol. The third kappa shape index (κ3) is 2.71. The molecule has 0 aliphatic rings. The molecule has 0 saturated heterocycles. The lowest BCUT2D eigenvalue weighted by Gasteiger charge is -2.07. The van der Waals surface area contributed by atoms with Gasteiger partial charge in [-0.2, -0.15) is 0 Å². The van der Waals surface area contributed by atoms with E-state index in [0.717, 1.165) is 16.7 Å². The van der Waals surface area contributed by atoms with Crippen molar-refractivity contribution < 1.29 is 4.92 Å². The highest BCUT2D eigenvalue weighted by molar-refractivity contribution is 9.08. The van der Waals surface area contributed by atoms with Crippen molar-refractivity contribution in [3.8, 4) is 11.1 Å². The monoisotopic (exact) mass is 325 g/mol. The number of nitrogens with zero attached hydrogens (tertiary/aromatic N) is 1. The summed E-state index contributed by atoms with van der Waals surface area (Å²) in [6.07, 6.45) is 0. The van der Waals surface area contributed by atoms with Gasteiger partial charge in [0.25, 0.3) is 5.69 Å². The summed E-state index contributed by atoms with van der Waals surface area (Å²) < 4.78 is 0. The Balaban J connectivity index is 2.50. The summed E-state index contributed by atoms with van der Waals surface area (Å²) in [5.74, 6) is 0. The Morgan fingerprint density at radius 3 is 2.39 bits per heavy atom. The van der Waals surface area contributed by atoms with E-state index in [1.807, 2.05) is 12.1 Å². The van der Waals surface area contributed by atoms with Crippen molar-refractivity contribution in [3.05, 3.63) is 63.2 Å². The second-order valence-corrected chi connectivity index (χ2v) is 4.74. The smallest absolute Gasteiger partial charge is 0.258 e. The lowest BCUT2D eigenvalue weighted by Crippen LogP contribution is -1.92. The summed E-state index contributed by atoms with van der Waals surface area (Å²) in [6.45, 7) is 0. The first-order valence-electron chi connectivity index (χ1n) is 5.21. The molecule has 0 atom stereocenters. The minimum atomic E-state index is -0.391. The lowest BCUT2D eigenvalue weighted by molar-refractivity contribution is -0.384. The fourth-order valence-corrected chi connectivity index (χ4v) is 2.31. The number of benzene rings is 2. The molecule has 18 heavy (non-hydrogen) atoms. The summed E-state index contributed by atoms with van der Waals surface area (Å²) in [4.78, 5) is 10.3. The average molecular weight is 327 g/mol. The summed E-state index contributed by atoms with van der Waals surface area (Å²) in [6, 6.07) is 12.3.